The lowest BCUT2D eigenvalue weighted by Gasteiger charge is -2.31. The Hall–Kier alpha value is -2.05. The Morgan fingerprint density at radius 1 is 1.27 bits per heavy atom. The molecule has 7 nitrogen and oxygen atoms in total. The number of nitrogens with one attached hydrogen (secondary N) is 1. The highest BCUT2D eigenvalue weighted by molar-refractivity contribution is 5.87. The first kappa shape index (κ1) is 14.9. The van der Waals surface area contributed by atoms with Crippen molar-refractivity contribution in [1.82, 2.24) is 20.0 Å². The van der Waals surface area contributed by atoms with Crippen LogP contribution in [-0.4, -0.2) is 44.4 Å². The highest BCUT2D eigenvalue weighted by Crippen LogP contribution is 2.23. The van der Waals surface area contributed by atoms with Crippen molar-refractivity contribution >= 4 is 12.0 Å². The summed E-state index contributed by atoms with van der Waals surface area (Å²) in [5.41, 5.74) is 1.65. The molecule has 0 saturated heterocycles. The van der Waals surface area contributed by atoms with Gasteiger partial charge in [-0.25, -0.2) is 9.59 Å². The molecule has 0 aromatic carbocycles. The molecule has 1 fully saturated rings. The van der Waals surface area contributed by atoms with Gasteiger partial charge in [-0.3, -0.25) is 4.68 Å². The fraction of sp³-hybridized carbons (Fsp3) is 0.667. The molecule has 1 aliphatic carbocycles. The SMILES string of the molecule is Cn1nc(C(=O)O)c2c1CCN(C(=O)NC1CCCCC1)C2. The highest BCUT2D eigenvalue weighted by atomic mass is 16.4. The second-order valence-electron chi connectivity index (χ2n) is 6.16. The fourth-order valence-electron chi connectivity index (χ4n) is 3.45. The molecule has 2 aliphatic rings. The van der Waals surface area contributed by atoms with E-state index in [1.807, 2.05) is 0 Å². The maximum Gasteiger partial charge on any atom is 0.356 e. The zero-order chi connectivity index (χ0) is 15.7. The van der Waals surface area contributed by atoms with Gasteiger partial charge in [0.05, 0.1) is 6.54 Å². The lowest BCUT2D eigenvalue weighted by atomic mass is 9.95. The second kappa shape index (κ2) is 5.98. The summed E-state index contributed by atoms with van der Waals surface area (Å²) in [7, 11) is 1.75. The van der Waals surface area contributed by atoms with Gasteiger partial charge in [-0.1, -0.05) is 19.3 Å². The maximum absolute atomic E-state index is 12.4. The summed E-state index contributed by atoms with van der Waals surface area (Å²) >= 11 is 0. The van der Waals surface area contributed by atoms with Gasteiger partial charge < -0.3 is 15.3 Å². The van der Waals surface area contributed by atoms with Gasteiger partial charge in [0.2, 0.25) is 0 Å². The molecule has 0 bridgehead atoms. The fourth-order valence-corrected chi connectivity index (χ4v) is 3.45. The first-order valence-electron chi connectivity index (χ1n) is 7.89. The number of fused-ring (bicyclic) bond motifs is 1. The number of carboxylic acids is 1. The molecule has 1 saturated carbocycles. The predicted octanol–water partition coefficient (Wildman–Crippen LogP) is 1.52. The average molecular weight is 306 g/mol. The Labute approximate surface area is 129 Å². The zero-order valence-corrected chi connectivity index (χ0v) is 12.8. The Bertz CT molecular complexity index is 590. The van der Waals surface area contributed by atoms with Gasteiger partial charge in [0.1, 0.15) is 0 Å². The van der Waals surface area contributed by atoms with E-state index in [4.69, 9.17) is 0 Å². The third kappa shape index (κ3) is 2.80. The first-order chi connectivity index (χ1) is 10.6. The first-order valence-corrected chi connectivity index (χ1v) is 7.89. The predicted molar refractivity (Wildman–Crippen MR) is 79.7 cm³/mol. The molecular formula is C15H22N4O3. The lowest BCUT2D eigenvalue weighted by Crippen LogP contribution is -2.47. The number of hydrogen-bond donors (Lipinski definition) is 2. The summed E-state index contributed by atoms with van der Waals surface area (Å²) in [6, 6.07) is 0.174. The van der Waals surface area contributed by atoms with Crippen molar-refractivity contribution in [3.8, 4) is 0 Å². The minimum absolute atomic E-state index is 0.0627. The van der Waals surface area contributed by atoms with Crippen LogP contribution in [0.3, 0.4) is 0 Å². The molecule has 0 spiro atoms. The van der Waals surface area contributed by atoms with E-state index in [0.29, 0.717) is 25.1 Å². The molecular weight excluding hydrogens is 284 g/mol. The second-order valence-corrected chi connectivity index (χ2v) is 6.16. The summed E-state index contributed by atoms with van der Waals surface area (Å²) in [6.45, 7) is 0.924. The number of carboxylic acid groups (broad SMARTS) is 1. The van der Waals surface area contributed by atoms with Crippen molar-refractivity contribution in [3.05, 3.63) is 17.0 Å². The molecule has 1 aromatic rings. The summed E-state index contributed by atoms with van der Waals surface area (Å²) in [5.74, 6) is -1.04. The van der Waals surface area contributed by atoms with Crippen molar-refractivity contribution in [3.63, 3.8) is 0 Å². The van der Waals surface area contributed by atoms with E-state index >= 15 is 0 Å². The quantitative estimate of drug-likeness (QED) is 0.867. The monoisotopic (exact) mass is 306 g/mol. The minimum atomic E-state index is -1.04. The molecule has 22 heavy (non-hydrogen) atoms. The van der Waals surface area contributed by atoms with Crippen molar-refractivity contribution in [2.24, 2.45) is 7.05 Å². The maximum atomic E-state index is 12.4. The third-order valence-corrected chi connectivity index (χ3v) is 4.66. The molecule has 120 valence electrons. The normalized spacial score (nSPS) is 18.9. The Morgan fingerprint density at radius 3 is 2.68 bits per heavy atom. The number of carbonyl (C=O) groups is 2. The van der Waals surface area contributed by atoms with Gasteiger partial charge in [-0.2, -0.15) is 5.10 Å². The number of aromatic nitrogens is 2. The van der Waals surface area contributed by atoms with Crippen molar-refractivity contribution in [2.75, 3.05) is 6.54 Å². The summed E-state index contributed by atoms with van der Waals surface area (Å²) in [4.78, 5) is 25.4. The molecule has 0 unspecified atom stereocenters. The molecule has 0 atom stereocenters. The topological polar surface area (TPSA) is 87.5 Å². The summed E-state index contributed by atoms with van der Waals surface area (Å²) in [6.07, 6.45) is 6.30. The average Bonchev–Trinajstić information content (AvgIpc) is 2.85. The van der Waals surface area contributed by atoms with Gasteiger partial charge in [-0.05, 0) is 12.8 Å². The van der Waals surface area contributed by atoms with Crippen LogP contribution in [0.4, 0.5) is 4.79 Å². The molecule has 2 amide bonds. The van der Waals surface area contributed by atoms with Crippen molar-refractivity contribution in [2.45, 2.75) is 51.1 Å². The van der Waals surface area contributed by atoms with Crippen molar-refractivity contribution in [1.29, 1.82) is 0 Å². The van der Waals surface area contributed by atoms with Gasteiger partial charge in [0.15, 0.2) is 5.69 Å². The number of urea groups is 1. The molecule has 3 rings (SSSR count). The molecule has 1 aliphatic heterocycles. The van der Waals surface area contributed by atoms with E-state index in [9.17, 15) is 14.7 Å². The number of amides is 2. The molecule has 0 radical (unpaired) electrons. The van der Waals surface area contributed by atoms with E-state index in [2.05, 4.69) is 10.4 Å². The lowest BCUT2D eigenvalue weighted by molar-refractivity contribution is 0.0687. The largest absolute Gasteiger partial charge is 0.476 e. The number of hydrogen-bond acceptors (Lipinski definition) is 3. The van der Waals surface area contributed by atoms with Crippen molar-refractivity contribution < 1.29 is 14.7 Å². The van der Waals surface area contributed by atoms with Crippen LogP contribution in [0.2, 0.25) is 0 Å². The van der Waals surface area contributed by atoms with E-state index in [0.717, 1.165) is 18.5 Å². The Balaban J connectivity index is 1.70. The number of aryl methyl sites for hydroxylation is 1. The van der Waals surface area contributed by atoms with Crippen LogP contribution in [0.15, 0.2) is 0 Å². The molecule has 1 aromatic heterocycles. The van der Waals surface area contributed by atoms with Crippen LogP contribution < -0.4 is 5.32 Å². The van der Waals surface area contributed by atoms with E-state index in [-0.39, 0.29) is 17.8 Å². The third-order valence-electron chi connectivity index (χ3n) is 4.66. The minimum Gasteiger partial charge on any atom is -0.476 e. The summed E-state index contributed by atoms with van der Waals surface area (Å²) < 4.78 is 1.62. The zero-order valence-electron chi connectivity index (χ0n) is 12.8. The standard InChI is InChI=1S/C15H22N4O3/c1-18-12-7-8-19(9-11(12)13(17-18)14(20)21)15(22)16-10-5-3-2-4-6-10/h10H,2-9H2,1H3,(H,16,22)(H,20,21). The van der Waals surface area contributed by atoms with Gasteiger partial charge >= 0.3 is 12.0 Å². The number of nitrogens with zero attached hydrogens (tertiary/aromatic N) is 3. The van der Waals surface area contributed by atoms with Gasteiger partial charge in [-0.15, -0.1) is 0 Å². The van der Waals surface area contributed by atoms with Crippen LogP contribution >= 0.6 is 0 Å². The van der Waals surface area contributed by atoms with Crippen LogP contribution in [0, 0.1) is 0 Å². The smallest absolute Gasteiger partial charge is 0.356 e. The number of carbonyl (C=O) groups excluding carboxylic acids is 1. The van der Waals surface area contributed by atoms with E-state index < -0.39 is 5.97 Å². The summed E-state index contributed by atoms with van der Waals surface area (Å²) in [5, 5.41) is 16.4. The molecule has 2 heterocycles. The van der Waals surface area contributed by atoms with Crippen LogP contribution in [0.25, 0.3) is 0 Å². The number of rotatable bonds is 2. The van der Waals surface area contributed by atoms with Crippen LogP contribution in [0.5, 0.6) is 0 Å². The van der Waals surface area contributed by atoms with Crippen LogP contribution in [0.1, 0.15) is 53.8 Å². The number of aromatic carboxylic acids is 1. The molecule has 2 N–H and O–H groups in total. The van der Waals surface area contributed by atoms with E-state index in [1.54, 1.807) is 16.6 Å². The molecule has 7 heteroatoms. The highest BCUT2D eigenvalue weighted by Gasteiger charge is 2.30. The van der Waals surface area contributed by atoms with Crippen LogP contribution in [-0.2, 0) is 20.0 Å². The Morgan fingerprint density at radius 2 is 2.00 bits per heavy atom. The Kier molecular flexibility index (Phi) is 4.04. The van der Waals surface area contributed by atoms with Gasteiger partial charge in [0, 0.05) is 37.3 Å². The van der Waals surface area contributed by atoms with Gasteiger partial charge in [0.25, 0.3) is 0 Å². The van der Waals surface area contributed by atoms with E-state index in [1.165, 1.54) is 19.3 Å².